The summed E-state index contributed by atoms with van der Waals surface area (Å²) in [7, 11) is 1.30. The Morgan fingerprint density at radius 2 is 2.04 bits per heavy atom. The fraction of sp³-hybridized carbons (Fsp3) is 0.500. The Labute approximate surface area is 145 Å². The van der Waals surface area contributed by atoms with E-state index >= 15 is 0 Å². The van der Waals surface area contributed by atoms with Crippen molar-refractivity contribution in [3.8, 4) is 0 Å². The highest BCUT2D eigenvalue weighted by Gasteiger charge is 2.20. The molecule has 0 aromatic heterocycles. The van der Waals surface area contributed by atoms with E-state index in [4.69, 9.17) is 11.6 Å². The van der Waals surface area contributed by atoms with Gasteiger partial charge in [-0.25, -0.2) is 4.39 Å². The first-order valence-corrected chi connectivity index (χ1v) is 8.60. The number of benzene rings is 1. The second-order valence-electron chi connectivity index (χ2n) is 5.22. The van der Waals surface area contributed by atoms with Crippen molar-refractivity contribution in [3.63, 3.8) is 0 Å². The molecule has 7 heteroatoms. The average Bonchev–Trinajstić information content (AvgIpc) is 2.50. The zero-order chi connectivity index (χ0) is 17.6. The molecule has 2 unspecified atom stereocenters. The fourth-order valence-electron chi connectivity index (χ4n) is 1.94. The molecule has 0 bridgehead atoms. The number of ether oxygens (including phenoxy) is 1. The van der Waals surface area contributed by atoms with E-state index in [0.29, 0.717) is 4.90 Å². The summed E-state index contributed by atoms with van der Waals surface area (Å²) in [4.78, 5) is 24.0. The molecule has 0 spiro atoms. The van der Waals surface area contributed by atoms with Crippen molar-refractivity contribution in [2.45, 2.75) is 43.8 Å². The van der Waals surface area contributed by atoms with Crippen LogP contribution < -0.4 is 5.32 Å². The molecule has 1 amide bonds. The van der Waals surface area contributed by atoms with E-state index in [1.165, 1.54) is 13.2 Å². The molecule has 2 atom stereocenters. The fourth-order valence-corrected chi connectivity index (χ4v) is 3.15. The van der Waals surface area contributed by atoms with Crippen molar-refractivity contribution < 1.29 is 18.7 Å². The SMILES string of the molecule is CCCC(C)C(=O)Nc1cc(SC(C)C(=O)OC)c(Cl)cc1F. The largest absolute Gasteiger partial charge is 0.468 e. The third-order valence-electron chi connectivity index (χ3n) is 3.29. The van der Waals surface area contributed by atoms with Gasteiger partial charge in [0, 0.05) is 10.8 Å². The average molecular weight is 362 g/mol. The highest BCUT2D eigenvalue weighted by Crippen LogP contribution is 2.34. The molecule has 4 nitrogen and oxygen atoms in total. The Hall–Kier alpha value is -1.27. The lowest BCUT2D eigenvalue weighted by Crippen LogP contribution is -2.21. The van der Waals surface area contributed by atoms with E-state index in [1.54, 1.807) is 13.8 Å². The van der Waals surface area contributed by atoms with E-state index < -0.39 is 17.0 Å². The molecule has 0 heterocycles. The molecule has 0 aliphatic carbocycles. The Morgan fingerprint density at radius 1 is 1.39 bits per heavy atom. The Bertz CT molecular complexity index is 583. The van der Waals surface area contributed by atoms with Gasteiger partial charge in [0.1, 0.15) is 11.1 Å². The topological polar surface area (TPSA) is 55.4 Å². The minimum atomic E-state index is -0.609. The smallest absolute Gasteiger partial charge is 0.318 e. The van der Waals surface area contributed by atoms with Gasteiger partial charge in [0.15, 0.2) is 0 Å². The van der Waals surface area contributed by atoms with Crippen LogP contribution in [-0.4, -0.2) is 24.2 Å². The van der Waals surface area contributed by atoms with E-state index in [1.807, 2.05) is 6.92 Å². The lowest BCUT2D eigenvalue weighted by atomic mass is 10.1. The maximum absolute atomic E-state index is 14.0. The van der Waals surface area contributed by atoms with Crippen molar-refractivity contribution in [2.75, 3.05) is 12.4 Å². The third-order valence-corrected chi connectivity index (χ3v) is 4.85. The third kappa shape index (κ3) is 5.70. The van der Waals surface area contributed by atoms with Crippen molar-refractivity contribution in [3.05, 3.63) is 23.0 Å². The molecule has 0 saturated carbocycles. The van der Waals surface area contributed by atoms with Gasteiger partial charge in [-0.1, -0.05) is 31.9 Å². The normalized spacial score (nSPS) is 13.3. The summed E-state index contributed by atoms with van der Waals surface area (Å²) < 4.78 is 18.7. The highest BCUT2D eigenvalue weighted by atomic mass is 35.5. The summed E-state index contributed by atoms with van der Waals surface area (Å²) in [5, 5.41) is 2.27. The van der Waals surface area contributed by atoms with Crippen LogP contribution in [0.15, 0.2) is 17.0 Å². The van der Waals surface area contributed by atoms with Crippen LogP contribution in [0.2, 0.25) is 5.02 Å². The number of halogens is 2. The number of methoxy groups -OCH3 is 1. The maximum Gasteiger partial charge on any atom is 0.318 e. The minimum absolute atomic E-state index is 0.0573. The van der Waals surface area contributed by atoms with Crippen LogP contribution in [0.25, 0.3) is 0 Å². The zero-order valence-corrected chi connectivity index (χ0v) is 15.2. The molecule has 128 valence electrons. The molecule has 0 fully saturated rings. The quantitative estimate of drug-likeness (QED) is 0.573. The van der Waals surface area contributed by atoms with Crippen LogP contribution >= 0.6 is 23.4 Å². The second-order valence-corrected chi connectivity index (χ2v) is 7.01. The van der Waals surface area contributed by atoms with Gasteiger partial charge in [-0.05, 0) is 25.5 Å². The number of carbonyl (C=O) groups is 2. The summed E-state index contributed by atoms with van der Waals surface area (Å²) in [6.45, 7) is 5.44. The van der Waals surface area contributed by atoms with Crippen LogP contribution in [-0.2, 0) is 14.3 Å². The van der Waals surface area contributed by atoms with Gasteiger partial charge in [-0.2, -0.15) is 0 Å². The molecule has 1 aromatic carbocycles. The van der Waals surface area contributed by atoms with Crippen LogP contribution in [0, 0.1) is 11.7 Å². The molecule has 0 aliphatic heterocycles. The Balaban J connectivity index is 2.95. The molecular formula is C16H21ClFNO3S. The molecule has 1 rings (SSSR count). The lowest BCUT2D eigenvalue weighted by Gasteiger charge is -2.15. The first-order chi connectivity index (χ1) is 10.8. The number of amides is 1. The summed E-state index contributed by atoms with van der Waals surface area (Å²) in [5.41, 5.74) is 0.0573. The highest BCUT2D eigenvalue weighted by molar-refractivity contribution is 8.00. The van der Waals surface area contributed by atoms with Gasteiger partial charge in [0.05, 0.1) is 17.8 Å². The van der Waals surface area contributed by atoms with Gasteiger partial charge in [0.2, 0.25) is 5.91 Å². The number of esters is 1. The van der Waals surface area contributed by atoms with E-state index in [-0.39, 0.29) is 22.5 Å². The van der Waals surface area contributed by atoms with Crippen molar-refractivity contribution in [1.82, 2.24) is 0 Å². The number of rotatable bonds is 7. The van der Waals surface area contributed by atoms with Crippen LogP contribution in [0.3, 0.4) is 0 Å². The predicted molar refractivity (Wildman–Crippen MR) is 91.4 cm³/mol. The summed E-state index contributed by atoms with van der Waals surface area (Å²) in [5.74, 6) is -1.47. The molecule has 23 heavy (non-hydrogen) atoms. The number of carbonyl (C=O) groups excluding carboxylic acids is 2. The number of anilines is 1. The van der Waals surface area contributed by atoms with Gasteiger partial charge in [-0.3, -0.25) is 9.59 Å². The molecule has 1 N–H and O–H groups in total. The molecule has 0 saturated heterocycles. The number of nitrogens with one attached hydrogen (secondary N) is 1. The van der Waals surface area contributed by atoms with E-state index in [0.717, 1.165) is 30.7 Å². The first-order valence-electron chi connectivity index (χ1n) is 7.34. The Morgan fingerprint density at radius 3 is 2.61 bits per heavy atom. The van der Waals surface area contributed by atoms with Gasteiger partial charge in [-0.15, -0.1) is 11.8 Å². The van der Waals surface area contributed by atoms with E-state index in [2.05, 4.69) is 10.1 Å². The zero-order valence-electron chi connectivity index (χ0n) is 13.6. The molecule has 0 aliphatic rings. The number of thioether (sulfide) groups is 1. The number of hydrogen-bond acceptors (Lipinski definition) is 4. The summed E-state index contributed by atoms with van der Waals surface area (Å²) >= 11 is 7.16. The monoisotopic (exact) mass is 361 g/mol. The minimum Gasteiger partial charge on any atom is -0.468 e. The van der Waals surface area contributed by atoms with Crippen molar-refractivity contribution in [2.24, 2.45) is 5.92 Å². The first kappa shape index (κ1) is 19.8. The van der Waals surface area contributed by atoms with Gasteiger partial charge in [0.25, 0.3) is 0 Å². The van der Waals surface area contributed by atoms with Crippen molar-refractivity contribution in [1.29, 1.82) is 0 Å². The van der Waals surface area contributed by atoms with E-state index in [9.17, 15) is 14.0 Å². The maximum atomic E-state index is 14.0. The Kier molecular flexibility index (Phi) is 7.85. The van der Waals surface area contributed by atoms with Crippen LogP contribution in [0.5, 0.6) is 0 Å². The van der Waals surface area contributed by atoms with Crippen LogP contribution in [0.4, 0.5) is 10.1 Å². The standard InChI is InChI=1S/C16H21ClFNO3S/c1-5-6-9(2)15(20)19-13-8-14(11(17)7-12(13)18)23-10(3)16(21)22-4/h7-10H,5-6H2,1-4H3,(H,19,20). The molecular weight excluding hydrogens is 341 g/mol. The van der Waals surface area contributed by atoms with Crippen molar-refractivity contribution >= 4 is 40.9 Å². The lowest BCUT2D eigenvalue weighted by molar-refractivity contribution is -0.139. The molecule has 1 aromatic rings. The molecule has 0 radical (unpaired) electrons. The summed E-state index contributed by atoms with van der Waals surface area (Å²) in [6, 6.07) is 2.58. The number of hydrogen-bond donors (Lipinski definition) is 1. The summed E-state index contributed by atoms with van der Waals surface area (Å²) in [6.07, 6.45) is 1.59. The second kappa shape index (κ2) is 9.13. The predicted octanol–water partition coefficient (Wildman–Crippen LogP) is 4.51. The van der Waals surface area contributed by atoms with Gasteiger partial charge < -0.3 is 10.1 Å². The van der Waals surface area contributed by atoms with Gasteiger partial charge >= 0.3 is 5.97 Å². The van der Waals surface area contributed by atoms with Crippen LogP contribution in [0.1, 0.15) is 33.6 Å².